The molecule has 6 nitrogen and oxygen atoms in total. The van der Waals surface area contributed by atoms with E-state index in [9.17, 15) is 16.8 Å². The van der Waals surface area contributed by atoms with Crippen molar-refractivity contribution in [1.29, 1.82) is 0 Å². The predicted molar refractivity (Wildman–Crippen MR) is 48.3 cm³/mol. The van der Waals surface area contributed by atoms with Gasteiger partial charge in [-0.05, 0) is 12.1 Å². The van der Waals surface area contributed by atoms with Crippen LogP contribution in [0.5, 0.6) is 11.5 Å². The standard InChI is InChI=1S/C6H6O6S2/c7-13(8)11-5-3-1-2-4-6(5)12-14(9)10/h1-4,13-14H. The summed E-state index contributed by atoms with van der Waals surface area (Å²) in [6.07, 6.45) is 0. The van der Waals surface area contributed by atoms with Gasteiger partial charge in [0.1, 0.15) is 0 Å². The number of thiol groups is 2. The molecular formula is C6H6O6S2. The van der Waals surface area contributed by atoms with Crippen molar-refractivity contribution in [3.05, 3.63) is 24.3 Å². The molecule has 1 aromatic carbocycles. The minimum absolute atomic E-state index is 0.164. The van der Waals surface area contributed by atoms with Crippen LogP contribution in [0.3, 0.4) is 0 Å². The first-order valence-electron chi connectivity index (χ1n) is 3.33. The third-order valence-electron chi connectivity index (χ3n) is 1.19. The highest BCUT2D eigenvalue weighted by Crippen LogP contribution is 2.26. The summed E-state index contributed by atoms with van der Waals surface area (Å²) < 4.78 is 49.5. The van der Waals surface area contributed by atoms with Crippen LogP contribution in [0.4, 0.5) is 0 Å². The van der Waals surface area contributed by atoms with Crippen LogP contribution in [0.15, 0.2) is 24.3 Å². The van der Waals surface area contributed by atoms with Gasteiger partial charge in [0.2, 0.25) is 0 Å². The van der Waals surface area contributed by atoms with Gasteiger partial charge < -0.3 is 8.37 Å². The van der Waals surface area contributed by atoms with E-state index < -0.39 is 22.0 Å². The predicted octanol–water partition coefficient (Wildman–Crippen LogP) is -0.503. The van der Waals surface area contributed by atoms with Crippen LogP contribution in [-0.4, -0.2) is 16.8 Å². The Balaban J connectivity index is 3.02. The van der Waals surface area contributed by atoms with Crippen LogP contribution in [0.2, 0.25) is 0 Å². The number of para-hydroxylation sites is 2. The fraction of sp³-hybridized carbons (Fsp3) is 0. The third-order valence-corrected chi connectivity index (χ3v) is 1.89. The summed E-state index contributed by atoms with van der Waals surface area (Å²) >= 11 is 0. The third kappa shape index (κ3) is 3.23. The lowest BCUT2D eigenvalue weighted by Gasteiger charge is -2.02. The average Bonchev–Trinajstić information content (AvgIpc) is 2.06. The summed E-state index contributed by atoms with van der Waals surface area (Å²) in [5, 5.41) is 0. The zero-order valence-corrected chi connectivity index (χ0v) is 8.44. The van der Waals surface area contributed by atoms with E-state index >= 15 is 0 Å². The zero-order chi connectivity index (χ0) is 10.6. The van der Waals surface area contributed by atoms with Gasteiger partial charge in [-0.15, -0.1) is 0 Å². The van der Waals surface area contributed by atoms with Crippen molar-refractivity contribution in [1.82, 2.24) is 0 Å². The van der Waals surface area contributed by atoms with E-state index in [-0.39, 0.29) is 11.5 Å². The van der Waals surface area contributed by atoms with E-state index in [1.807, 2.05) is 0 Å². The van der Waals surface area contributed by atoms with Crippen molar-refractivity contribution in [2.24, 2.45) is 0 Å². The Morgan fingerprint density at radius 3 is 1.43 bits per heavy atom. The highest BCUT2D eigenvalue weighted by atomic mass is 32.2. The molecule has 78 valence electrons. The number of benzene rings is 1. The number of hydrogen-bond donors (Lipinski definition) is 2. The lowest BCUT2D eigenvalue weighted by Crippen LogP contribution is -1.96. The second-order valence-electron chi connectivity index (χ2n) is 2.08. The number of rotatable bonds is 4. The first-order chi connectivity index (χ1) is 6.59. The summed E-state index contributed by atoms with van der Waals surface area (Å²) in [5.74, 6) is -0.328. The van der Waals surface area contributed by atoms with Crippen molar-refractivity contribution < 1.29 is 25.2 Å². The van der Waals surface area contributed by atoms with E-state index in [2.05, 4.69) is 8.37 Å². The molecule has 1 rings (SSSR count). The molecule has 0 saturated carbocycles. The van der Waals surface area contributed by atoms with Gasteiger partial charge in [0.25, 0.3) is 22.0 Å². The molecule has 0 unspecified atom stereocenters. The van der Waals surface area contributed by atoms with Gasteiger partial charge in [-0.1, -0.05) is 12.1 Å². The van der Waals surface area contributed by atoms with Crippen LogP contribution in [0, 0.1) is 0 Å². The lowest BCUT2D eigenvalue weighted by atomic mass is 10.3. The second kappa shape index (κ2) is 4.82. The van der Waals surface area contributed by atoms with Crippen LogP contribution in [0.25, 0.3) is 0 Å². The Morgan fingerprint density at radius 2 is 1.14 bits per heavy atom. The second-order valence-corrected chi connectivity index (χ2v) is 3.34. The molecule has 0 amide bonds. The molecule has 0 aliphatic carbocycles. The summed E-state index contributed by atoms with van der Waals surface area (Å²) in [7, 11) is -6.19. The van der Waals surface area contributed by atoms with Crippen LogP contribution < -0.4 is 8.37 Å². The van der Waals surface area contributed by atoms with Gasteiger partial charge in [-0.3, -0.25) is 0 Å². The van der Waals surface area contributed by atoms with Crippen molar-refractivity contribution in [2.75, 3.05) is 0 Å². The molecule has 14 heavy (non-hydrogen) atoms. The van der Waals surface area contributed by atoms with Gasteiger partial charge in [0, 0.05) is 0 Å². The molecule has 0 heterocycles. The number of hydrogen-bond acceptors (Lipinski definition) is 6. The summed E-state index contributed by atoms with van der Waals surface area (Å²) in [6.45, 7) is 0. The Morgan fingerprint density at radius 1 is 0.786 bits per heavy atom. The molecule has 0 bridgehead atoms. The van der Waals surface area contributed by atoms with E-state index in [0.717, 1.165) is 0 Å². The fourth-order valence-electron chi connectivity index (χ4n) is 0.762. The van der Waals surface area contributed by atoms with Gasteiger partial charge in [0.15, 0.2) is 11.5 Å². The summed E-state index contributed by atoms with van der Waals surface area (Å²) in [6, 6.07) is 5.52. The maximum absolute atomic E-state index is 10.2. The molecule has 8 heteroatoms. The van der Waals surface area contributed by atoms with E-state index in [4.69, 9.17) is 0 Å². The Bertz CT molecular complexity index is 402. The molecule has 0 atom stereocenters. The summed E-state index contributed by atoms with van der Waals surface area (Å²) in [4.78, 5) is 0. The minimum Gasteiger partial charge on any atom is -0.380 e. The SMILES string of the molecule is O=[SH](=O)Oc1ccccc1O[SH](=O)=O. The molecule has 0 aliphatic heterocycles. The van der Waals surface area contributed by atoms with Crippen molar-refractivity contribution >= 4 is 22.0 Å². The Kier molecular flexibility index (Phi) is 3.72. The summed E-state index contributed by atoms with van der Waals surface area (Å²) in [5.41, 5.74) is 0. The molecule has 0 aliphatic rings. The largest absolute Gasteiger partial charge is 0.380 e. The molecule has 1 aromatic rings. The minimum atomic E-state index is -3.09. The molecule has 0 saturated heterocycles. The highest BCUT2D eigenvalue weighted by molar-refractivity contribution is 7.68. The molecular weight excluding hydrogens is 232 g/mol. The van der Waals surface area contributed by atoms with E-state index in [1.165, 1.54) is 24.3 Å². The molecule has 0 aromatic heterocycles. The molecule has 0 fully saturated rings. The molecule has 0 spiro atoms. The van der Waals surface area contributed by atoms with Crippen molar-refractivity contribution in [3.63, 3.8) is 0 Å². The zero-order valence-electron chi connectivity index (χ0n) is 6.65. The van der Waals surface area contributed by atoms with Crippen LogP contribution in [-0.2, 0) is 22.0 Å². The first kappa shape index (κ1) is 10.8. The smallest absolute Gasteiger partial charge is 0.299 e. The van der Waals surface area contributed by atoms with Crippen LogP contribution >= 0.6 is 0 Å². The monoisotopic (exact) mass is 238 g/mol. The van der Waals surface area contributed by atoms with Crippen LogP contribution in [0.1, 0.15) is 0 Å². The lowest BCUT2D eigenvalue weighted by molar-refractivity contribution is 0.472. The average molecular weight is 238 g/mol. The normalized spacial score (nSPS) is 10.4. The molecule has 0 N–H and O–H groups in total. The Hall–Kier alpha value is -1.28. The fourth-order valence-corrected chi connectivity index (χ4v) is 1.38. The van der Waals surface area contributed by atoms with E-state index in [0.29, 0.717) is 0 Å². The van der Waals surface area contributed by atoms with Gasteiger partial charge in [-0.25, -0.2) is 0 Å². The maximum atomic E-state index is 10.2. The molecule has 0 radical (unpaired) electrons. The van der Waals surface area contributed by atoms with Gasteiger partial charge in [0.05, 0.1) is 0 Å². The highest BCUT2D eigenvalue weighted by Gasteiger charge is 2.05. The van der Waals surface area contributed by atoms with Gasteiger partial charge in [-0.2, -0.15) is 16.8 Å². The van der Waals surface area contributed by atoms with Crippen molar-refractivity contribution in [2.45, 2.75) is 0 Å². The van der Waals surface area contributed by atoms with Gasteiger partial charge >= 0.3 is 0 Å². The maximum Gasteiger partial charge on any atom is 0.299 e. The van der Waals surface area contributed by atoms with Crippen molar-refractivity contribution in [3.8, 4) is 11.5 Å². The van der Waals surface area contributed by atoms with E-state index in [1.54, 1.807) is 0 Å². The topological polar surface area (TPSA) is 86.7 Å². The first-order valence-corrected chi connectivity index (χ1v) is 5.52. The Labute approximate surface area is 83.4 Å². The quantitative estimate of drug-likeness (QED) is 0.687.